The number of ketones is 2. The van der Waals surface area contributed by atoms with E-state index in [0.717, 1.165) is 0 Å². The van der Waals surface area contributed by atoms with Crippen molar-refractivity contribution >= 4 is 11.6 Å². The number of carbonyl (C=O) groups excluding carboxylic acids is 2. The number of carbonyl (C=O) groups is 2. The largest absolute Gasteiger partial charge is 0.309 e. The van der Waals surface area contributed by atoms with E-state index in [0.29, 0.717) is 25.9 Å². The van der Waals surface area contributed by atoms with E-state index in [9.17, 15) is 9.59 Å². The molecule has 0 radical (unpaired) electrons. The zero-order valence-corrected chi connectivity index (χ0v) is 11.5. The zero-order valence-electron chi connectivity index (χ0n) is 11.5. The van der Waals surface area contributed by atoms with E-state index in [4.69, 9.17) is 0 Å². The Morgan fingerprint density at radius 2 is 1.11 bits per heavy atom. The summed E-state index contributed by atoms with van der Waals surface area (Å²) in [4.78, 5) is 26.3. The minimum absolute atomic E-state index is 0.154. The normalized spacial score (nSPS) is 9.44. The van der Waals surface area contributed by atoms with Crippen LogP contribution in [0.2, 0.25) is 0 Å². The average Bonchev–Trinajstić information content (AvgIpc) is 2.29. The summed E-state index contributed by atoms with van der Waals surface area (Å²) in [5, 5.41) is 0. The zero-order chi connectivity index (χ0) is 14.0. The van der Waals surface area contributed by atoms with Crippen molar-refractivity contribution in [1.82, 2.24) is 9.80 Å². The van der Waals surface area contributed by atoms with Crippen molar-refractivity contribution in [2.24, 2.45) is 0 Å². The van der Waals surface area contributed by atoms with E-state index in [-0.39, 0.29) is 11.6 Å². The maximum absolute atomic E-state index is 11.2. The van der Waals surface area contributed by atoms with Crippen molar-refractivity contribution in [3.05, 3.63) is 0 Å². The maximum Gasteiger partial charge on any atom is 0.207 e. The molecule has 0 fully saturated rings. The van der Waals surface area contributed by atoms with Gasteiger partial charge in [0, 0.05) is 25.9 Å². The van der Waals surface area contributed by atoms with Crippen molar-refractivity contribution in [1.29, 1.82) is 0 Å². The minimum Gasteiger partial charge on any atom is -0.309 e. The number of hydrogen-bond donors (Lipinski definition) is 0. The van der Waals surface area contributed by atoms with Crippen LogP contribution in [-0.2, 0) is 9.59 Å². The van der Waals surface area contributed by atoms with E-state index < -0.39 is 0 Å². The molecule has 0 spiro atoms. The summed E-state index contributed by atoms with van der Waals surface area (Å²) >= 11 is 0. The van der Waals surface area contributed by atoms with Crippen LogP contribution in [0.25, 0.3) is 0 Å². The Hall–Kier alpha value is -1.62. The third-order valence-corrected chi connectivity index (χ3v) is 2.04. The number of Topliss-reactive ketones (excluding diaryl/α,β-unsaturated/α-hetero) is 2. The molecule has 4 heteroatoms. The highest BCUT2D eigenvalue weighted by atomic mass is 16.1. The molecule has 0 atom stereocenters. The van der Waals surface area contributed by atoms with Gasteiger partial charge in [-0.2, -0.15) is 0 Å². The fourth-order valence-electron chi connectivity index (χ4n) is 0.977. The van der Waals surface area contributed by atoms with Crippen LogP contribution in [0.1, 0.15) is 12.8 Å². The van der Waals surface area contributed by atoms with E-state index in [1.165, 1.54) is 0 Å². The lowest BCUT2D eigenvalue weighted by atomic mass is 10.2. The highest BCUT2D eigenvalue weighted by Crippen LogP contribution is 1.85. The third-order valence-electron chi connectivity index (χ3n) is 2.04. The topological polar surface area (TPSA) is 40.6 Å². The molecule has 0 aromatic carbocycles. The van der Waals surface area contributed by atoms with E-state index in [2.05, 4.69) is 23.7 Å². The first-order valence-corrected chi connectivity index (χ1v) is 5.79. The monoisotopic (exact) mass is 248 g/mol. The molecule has 0 aromatic rings. The van der Waals surface area contributed by atoms with Crippen LogP contribution in [0.5, 0.6) is 0 Å². The SMILES string of the molecule is CN(C)CCC(=O)C#CC#CC(=O)CCN(C)C. The lowest BCUT2D eigenvalue weighted by Gasteiger charge is -2.05. The van der Waals surface area contributed by atoms with Gasteiger partial charge in [0.05, 0.1) is 0 Å². The predicted octanol–water partition coefficient (Wildman–Crippen LogP) is 0.0348. The highest BCUT2D eigenvalue weighted by molar-refractivity contribution is 5.98. The number of nitrogens with zero attached hydrogens (tertiary/aromatic N) is 2. The van der Waals surface area contributed by atoms with Crippen LogP contribution < -0.4 is 0 Å². The van der Waals surface area contributed by atoms with Crippen LogP contribution in [0, 0.1) is 23.7 Å². The number of hydrogen-bond acceptors (Lipinski definition) is 4. The van der Waals surface area contributed by atoms with Crippen LogP contribution in [0.3, 0.4) is 0 Å². The molecule has 0 saturated heterocycles. The molecule has 98 valence electrons. The van der Waals surface area contributed by atoms with Crippen molar-refractivity contribution in [2.45, 2.75) is 12.8 Å². The van der Waals surface area contributed by atoms with Gasteiger partial charge in [-0.05, 0) is 51.9 Å². The highest BCUT2D eigenvalue weighted by Gasteiger charge is 1.98. The molecule has 0 aliphatic rings. The summed E-state index contributed by atoms with van der Waals surface area (Å²) in [5.74, 6) is 9.33. The lowest BCUT2D eigenvalue weighted by molar-refractivity contribution is -0.114. The quantitative estimate of drug-likeness (QED) is 0.491. The number of rotatable bonds is 6. The van der Waals surface area contributed by atoms with E-state index in [1.807, 2.05) is 38.0 Å². The van der Waals surface area contributed by atoms with Gasteiger partial charge in [0.15, 0.2) is 0 Å². The summed E-state index contributed by atoms with van der Waals surface area (Å²) < 4.78 is 0. The lowest BCUT2D eigenvalue weighted by Crippen LogP contribution is -2.15. The molecule has 0 aliphatic carbocycles. The van der Waals surface area contributed by atoms with Gasteiger partial charge in [0.1, 0.15) is 0 Å². The first kappa shape index (κ1) is 16.4. The molecule has 0 aromatic heterocycles. The summed E-state index contributed by atoms with van der Waals surface area (Å²) in [7, 11) is 7.57. The average molecular weight is 248 g/mol. The van der Waals surface area contributed by atoms with Crippen LogP contribution in [0.4, 0.5) is 0 Å². The fourth-order valence-corrected chi connectivity index (χ4v) is 0.977. The van der Waals surface area contributed by atoms with Crippen molar-refractivity contribution in [3.63, 3.8) is 0 Å². The molecule has 0 bridgehead atoms. The smallest absolute Gasteiger partial charge is 0.207 e. The standard InChI is InChI=1S/C14H20N2O2/c1-15(2)11-9-13(17)7-5-6-8-14(18)10-12-16(3)4/h9-12H2,1-4H3. The van der Waals surface area contributed by atoms with Crippen molar-refractivity contribution in [2.75, 3.05) is 41.3 Å². The Balaban J connectivity index is 4.02. The van der Waals surface area contributed by atoms with Gasteiger partial charge in [0.2, 0.25) is 11.6 Å². The Bertz CT molecular complexity index is 363. The van der Waals surface area contributed by atoms with E-state index >= 15 is 0 Å². The minimum atomic E-state index is -0.154. The van der Waals surface area contributed by atoms with Gasteiger partial charge in [-0.15, -0.1) is 0 Å². The van der Waals surface area contributed by atoms with Gasteiger partial charge >= 0.3 is 0 Å². The second-order valence-corrected chi connectivity index (χ2v) is 4.45. The maximum atomic E-state index is 11.2. The molecule has 0 aliphatic heterocycles. The molecular weight excluding hydrogens is 228 g/mol. The van der Waals surface area contributed by atoms with Crippen molar-refractivity contribution < 1.29 is 9.59 Å². The Kier molecular flexibility index (Phi) is 8.57. The Morgan fingerprint density at radius 3 is 1.39 bits per heavy atom. The van der Waals surface area contributed by atoms with Crippen LogP contribution in [-0.4, -0.2) is 62.6 Å². The first-order chi connectivity index (χ1) is 8.41. The molecule has 0 N–H and O–H groups in total. The van der Waals surface area contributed by atoms with Crippen molar-refractivity contribution in [3.8, 4) is 23.7 Å². The molecular formula is C14H20N2O2. The van der Waals surface area contributed by atoms with Gasteiger partial charge in [-0.3, -0.25) is 9.59 Å². The van der Waals surface area contributed by atoms with Crippen LogP contribution in [0.15, 0.2) is 0 Å². The molecule has 4 nitrogen and oxygen atoms in total. The Labute approximate surface area is 109 Å². The summed E-state index contributed by atoms with van der Waals surface area (Å²) in [6.45, 7) is 1.34. The van der Waals surface area contributed by atoms with Gasteiger partial charge in [0.25, 0.3) is 0 Å². The van der Waals surface area contributed by atoms with Crippen LogP contribution >= 0.6 is 0 Å². The summed E-state index contributed by atoms with van der Waals surface area (Å²) in [6, 6.07) is 0. The summed E-state index contributed by atoms with van der Waals surface area (Å²) in [6.07, 6.45) is 0.770. The molecule has 0 amide bonds. The molecule has 0 saturated carbocycles. The first-order valence-electron chi connectivity index (χ1n) is 5.79. The van der Waals surface area contributed by atoms with Gasteiger partial charge in [-0.1, -0.05) is 0 Å². The second-order valence-electron chi connectivity index (χ2n) is 4.45. The fraction of sp³-hybridized carbons (Fsp3) is 0.571. The Morgan fingerprint density at radius 1 is 0.778 bits per heavy atom. The predicted molar refractivity (Wildman–Crippen MR) is 71.9 cm³/mol. The summed E-state index contributed by atoms with van der Waals surface area (Å²) in [5.41, 5.74) is 0. The molecule has 0 rings (SSSR count). The van der Waals surface area contributed by atoms with Gasteiger partial charge in [-0.25, -0.2) is 0 Å². The molecule has 0 unspecified atom stereocenters. The second kappa shape index (κ2) is 9.41. The molecule has 0 heterocycles. The van der Waals surface area contributed by atoms with Gasteiger partial charge < -0.3 is 9.80 Å². The van der Waals surface area contributed by atoms with E-state index in [1.54, 1.807) is 0 Å². The molecule has 18 heavy (non-hydrogen) atoms. The third kappa shape index (κ3) is 10.9.